The number of hydrogen-bond acceptors (Lipinski definition) is 6. The summed E-state index contributed by atoms with van der Waals surface area (Å²) in [5.74, 6) is 2.40. The second kappa shape index (κ2) is 7.89. The van der Waals surface area contributed by atoms with E-state index in [9.17, 15) is 0 Å². The Bertz CT molecular complexity index is 2300. The topological polar surface area (TPSA) is 109 Å². The highest BCUT2D eigenvalue weighted by Gasteiger charge is 2.22. The first kappa shape index (κ1) is 21.2. The number of nitrogens with zero attached hydrogens (tertiary/aromatic N) is 6. The maximum atomic E-state index is 5.03. The van der Waals surface area contributed by atoms with Crippen LogP contribution in [0.4, 0.5) is 0 Å². The van der Waals surface area contributed by atoms with Crippen molar-refractivity contribution in [1.82, 2.24) is 39.9 Å². The summed E-state index contributed by atoms with van der Waals surface area (Å²) in [7, 11) is 0. The summed E-state index contributed by atoms with van der Waals surface area (Å²) in [5, 5.41) is 1.91. The Balaban J connectivity index is 1.50. The highest BCUT2D eigenvalue weighted by molar-refractivity contribution is 6.05. The monoisotopic (exact) mass is 514 g/mol. The SMILES string of the molecule is C1=CCc2c(c3nc4nc(nc5[nH]c(nc6nc(nc2[nH]3)-c2ccccc2-6)c2ccccc52)-c2ccccc2-4)C=1. The average molecular weight is 515 g/mol. The molecule has 3 aliphatic rings. The number of hydrogen-bond donors (Lipinski definition) is 2. The van der Waals surface area contributed by atoms with Gasteiger partial charge < -0.3 is 9.97 Å². The lowest BCUT2D eigenvalue weighted by Gasteiger charge is -1.99. The minimum atomic E-state index is 0.597. The first-order valence-electron chi connectivity index (χ1n) is 13.0. The molecule has 3 aromatic heterocycles. The predicted molar refractivity (Wildman–Crippen MR) is 155 cm³/mol. The van der Waals surface area contributed by atoms with Crippen molar-refractivity contribution >= 4 is 39.4 Å². The van der Waals surface area contributed by atoms with Crippen LogP contribution >= 0.6 is 0 Å². The molecule has 8 nitrogen and oxygen atoms in total. The lowest BCUT2D eigenvalue weighted by Crippen LogP contribution is -1.88. The highest BCUT2D eigenvalue weighted by Crippen LogP contribution is 2.36. The molecule has 8 bridgehead atoms. The van der Waals surface area contributed by atoms with Crippen LogP contribution in [-0.4, -0.2) is 39.9 Å². The largest absolute Gasteiger partial charge is 0.324 e. The second-order valence-electron chi connectivity index (χ2n) is 9.86. The molecule has 2 N–H and O–H groups in total. The number of H-pyrrole nitrogens is 2. The van der Waals surface area contributed by atoms with E-state index >= 15 is 0 Å². The van der Waals surface area contributed by atoms with Crippen molar-refractivity contribution < 1.29 is 0 Å². The third-order valence-corrected chi connectivity index (χ3v) is 7.54. The van der Waals surface area contributed by atoms with Crippen LogP contribution in [0.25, 0.3) is 85.0 Å². The molecule has 9 rings (SSSR count). The van der Waals surface area contributed by atoms with Gasteiger partial charge in [-0.2, -0.15) is 0 Å². The van der Waals surface area contributed by atoms with E-state index in [2.05, 4.69) is 15.7 Å². The standard InChI is InChI=1S/C32H18N8/c1-2-10-18-17(9-1)25-33-26(18)38-28-21-13-5-6-14-22(21)30(35-28)40-32-24-16-8-7-15-23(24)31(36-32)39-29-20-12-4-3-11-19(20)27(34-29)37-25/h1-7,9-14,16H,15H2,(H2,33,34,35,36,37,38,39,40). The molecule has 0 amide bonds. The third kappa shape index (κ3) is 3.02. The van der Waals surface area contributed by atoms with Gasteiger partial charge in [0.05, 0.1) is 0 Å². The summed E-state index contributed by atoms with van der Waals surface area (Å²) < 4.78 is 0. The fourth-order valence-corrected chi connectivity index (χ4v) is 5.65. The zero-order valence-electron chi connectivity index (χ0n) is 21.0. The number of aromatic amines is 2. The van der Waals surface area contributed by atoms with Crippen LogP contribution in [0.15, 0.2) is 84.6 Å². The summed E-state index contributed by atoms with van der Waals surface area (Å²) in [6.07, 6.45) is 4.64. The molecule has 0 radical (unpaired) electrons. The van der Waals surface area contributed by atoms with Gasteiger partial charge in [-0.3, -0.25) is 0 Å². The summed E-state index contributed by atoms with van der Waals surface area (Å²) >= 11 is 0. The van der Waals surface area contributed by atoms with Gasteiger partial charge in [-0.1, -0.05) is 72.8 Å². The Morgan fingerprint density at radius 1 is 0.500 bits per heavy atom. The number of aromatic nitrogens is 8. The van der Waals surface area contributed by atoms with Crippen LogP contribution in [0.1, 0.15) is 11.1 Å². The number of rotatable bonds is 0. The molecule has 0 fully saturated rings. The van der Waals surface area contributed by atoms with Gasteiger partial charge in [0, 0.05) is 50.6 Å². The molecule has 0 saturated heterocycles. The maximum absolute atomic E-state index is 5.03. The minimum absolute atomic E-state index is 0.597. The van der Waals surface area contributed by atoms with Crippen molar-refractivity contribution in [2.75, 3.05) is 0 Å². The van der Waals surface area contributed by atoms with Gasteiger partial charge in [-0.25, -0.2) is 29.9 Å². The summed E-state index contributed by atoms with van der Waals surface area (Å²) in [6.45, 7) is 0. The Kier molecular flexibility index (Phi) is 4.19. The fraction of sp³-hybridized carbons (Fsp3) is 0.0312. The Labute approximate surface area is 226 Å². The lowest BCUT2D eigenvalue weighted by molar-refractivity contribution is 1.18. The maximum Gasteiger partial charge on any atom is 0.164 e. The number of benzene rings is 3. The molecular formula is C32H18N8. The zero-order valence-corrected chi connectivity index (χ0v) is 21.0. The molecule has 0 spiro atoms. The first-order valence-corrected chi connectivity index (χ1v) is 13.0. The molecule has 186 valence electrons. The van der Waals surface area contributed by atoms with Gasteiger partial charge in [0.2, 0.25) is 0 Å². The Hall–Kier alpha value is -5.72. The molecule has 3 aromatic carbocycles. The van der Waals surface area contributed by atoms with E-state index in [1.165, 1.54) is 0 Å². The first-order chi connectivity index (χ1) is 19.8. The van der Waals surface area contributed by atoms with Crippen molar-refractivity contribution in [2.45, 2.75) is 6.42 Å². The van der Waals surface area contributed by atoms with Crippen LogP contribution in [0.5, 0.6) is 0 Å². The van der Waals surface area contributed by atoms with Crippen molar-refractivity contribution in [1.29, 1.82) is 0 Å². The van der Waals surface area contributed by atoms with Crippen molar-refractivity contribution in [3.8, 4) is 45.6 Å². The molecule has 0 atom stereocenters. The molecule has 0 saturated carbocycles. The van der Waals surface area contributed by atoms with E-state index in [4.69, 9.17) is 29.9 Å². The van der Waals surface area contributed by atoms with E-state index in [1.807, 2.05) is 84.9 Å². The van der Waals surface area contributed by atoms with Crippen molar-refractivity contribution in [3.63, 3.8) is 0 Å². The molecule has 2 aliphatic heterocycles. The summed E-state index contributed by atoms with van der Waals surface area (Å²) in [4.78, 5) is 36.8. The van der Waals surface area contributed by atoms with Gasteiger partial charge in [-0.15, -0.1) is 5.73 Å². The summed E-state index contributed by atoms with van der Waals surface area (Å²) in [5.41, 5.74) is 11.7. The molecule has 5 heterocycles. The van der Waals surface area contributed by atoms with Gasteiger partial charge >= 0.3 is 0 Å². The predicted octanol–water partition coefficient (Wildman–Crippen LogP) is 6.44. The average Bonchev–Trinajstić information content (AvgIpc) is 3.73. The van der Waals surface area contributed by atoms with Gasteiger partial charge in [0.25, 0.3) is 0 Å². The third-order valence-electron chi connectivity index (χ3n) is 7.54. The second-order valence-corrected chi connectivity index (χ2v) is 9.86. The number of fused-ring (bicyclic) bond motifs is 20. The highest BCUT2D eigenvalue weighted by atomic mass is 15.1. The van der Waals surface area contributed by atoms with Crippen LogP contribution in [-0.2, 0) is 6.42 Å². The molecule has 0 unspecified atom stereocenters. The smallest absolute Gasteiger partial charge is 0.164 e. The van der Waals surface area contributed by atoms with E-state index < -0.39 is 0 Å². The molecule has 6 aromatic rings. The van der Waals surface area contributed by atoms with Crippen LogP contribution in [0, 0.1) is 0 Å². The van der Waals surface area contributed by atoms with Crippen molar-refractivity contribution in [3.05, 3.63) is 95.7 Å². The molecule has 1 aliphatic carbocycles. The molecular weight excluding hydrogens is 496 g/mol. The van der Waals surface area contributed by atoms with Gasteiger partial charge in [0.15, 0.2) is 23.3 Å². The fourth-order valence-electron chi connectivity index (χ4n) is 5.65. The zero-order chi connectivity index (χ0) is 26.2. The molecule has 8 heteroatoms. The minimum Gasteiger partial charge on any atom is -0.324 e. The number of nitrogens with one attached hydrogen (secondary N) is 2. The van der Waals surface area contributed by atoms with Crippen LogP contribution < -0.4 is 0 Å². The van der Waals surface area contributed by atoms with E-state index in [-0.39, 0.29) is 0 Å². The van der Waals surface area contributed by atoms with Gasteiger partial charge in [0.1, 0.15) is 22.6 Å². The lowest BCUT2D eigenvalue weighted by atomic mass is 10.1. The quantitative estimate of drug-likeness (QED) is 0.225. The van der Waals surface area contributed by atoms with E-state index in [1.54, 1.807) is 0 Å². The van der Waals surface area contributed by atoms with Crippen LogP contribution in [0.2, 0.25) is 0 Å². The summed E-state index contributed by atoms with van der Waals surface area (Å²) in [6, 6.07) is 24.2. The van der Waals surface area contributed by atoms with E-state index in [0.717, 1.165) is 49.8 Å². The number of allylic oxidation sites excluding steroid dienone is 1. The normalized spacial score (nSPS) is 12.8. The van der Waals surface area contributed by atoms with Gasteiger partial charge in [-0.05, 0) is 12.2 Å². The van der Waals surface area contributed by atoms with Crippen molar-refractivity contribution in [2.24, 2.45) is 0 Å². The van der Waals surface area contributed by atoms with E-state index in [0.29, 0.717) is 46.7 Å². The Morgan fingerprint density at radius 2 is 0.950 bits per heavy atom. The molecule has 40 heavy (non-hydrogen) atoms. The van der Waals surface area contributed by atoms with Crippen LogP contribution in [0.3, 0.4) is 0 Å². The Morgan fingerprint density at radius 3 is 1.50 bits per heavy atom.